The minimum atomic E-state index is -0.509. The highest BCUT2D eigenvalue weighted by atomic mass is 32.1. The number of hydrogen-bond donors (Lipinski definition) is 1. The molecule has 4 rings (SSSR count). The number of benzene rings is 1. The van der Waals surface area contributed by atoms with Gasteiger partial charge in [0.15, 0.2) is 10.1 Å². The highest BCUT2D eigenvalue weighted by molar-refractivity contribution is 7.15. The van der Waals surface area contributed by atoms with E-state index in [1.54, 1.807) is 11.6 Å². The fraction of sp³-hybridized carbons (Fsp3) is 0.111. The van der Waals surface area contributed by atoms with Crippen molar-refractivity contribution >= 4 is 38.7 Å². The minimum absolute atomic E-state index is 0.00931. The molecule has 3 heterocycles. The number of amides is 1. The molecule has 0 saturated heterocycles. The zero-order valence-electron chi connectivity index (χ0n) is 13.8. The van der Waals surface area contributed by atoms with Crippen LogP contribution >= 0.6 is 22.7 Å². The van der Waals surface area contributed by atoms with Crippen LogP contribution in [0.3, 0.4) is 0 Å². The van der Waals surface area contributed by atoms with Crippen molar-refractivity contribution in [3.05, 3.63) is 68.9 Å². The van der Waals surface area contributed by atoms with Gasteiger partial charge in [0.2, 0.25) is 0 Å². The first-order valence-electron chi connectivity index (χ1n) is 7.97. The lowest BCUT2D eigenvalue weighted by atomic mass is 10.1. The quantitative estimate of drug-likeness (QED) is 0.584. The molecular formula is C18H14N4O2S2. The van der Waals surface area contributed by atoms with Gasteiger partial charge in [-0.05, 0) is 12.0 Å². The van der Waals surface area contributed by atoms with E-state index < -0.39 is 5.91 Å². The molecule has 0 unspecified atom stereocenters. The molecule has 26 heavy (non-hydrogen) atoms. The SMILES string of the molecule is CCc1ccc(-c2csc(NC(=O)c3cnc4sccn4c3=O)n2)cc1. The van der Waals surface area contributed by atoms with Crippen molar-refractivity contribution in [1.29, 1.82) is 0 Å². The molecule has 0 aliphatic heterocycles. The lowest BCUT2D eigenvalue weighted by molar-refractivity contribution is 0.102. The van der Waals surface area contributed by atoms with Crippen molar-refractivity contribution in [2.24, 2.45) is 0 Å². The van der Waals surface area contributed by atoms with Gasteiger partial charge in [0.05, 0.1) is 5.69 Å². The number of rotatable bonds is 4. The van der Waals surface area contributed by atoms with Gasteiger partial charge in [-0.25, -0.2) is 9.97 Å². The summed E-state index contributed by atoms with van der Waals surface area (Å²) in [5.41, 5.74) is 2.64. The number of aryl methyl sites for hydroxylation is 1. The Balaban J connectivity index is 1.57. The maximum absolute atomic E-state index is 12.4. The maximum atomic E-state index is 12.4. The Labute approximate surface area is 156 Å². The molecule has 0 aliphatic rings. The van der Waals surface area contributed by atoms with Crippen LogP contribution in [0, 0.1) is 0 Å². The maximum Gasteiger partial charge on any atom is 0.271 e. The topological polar surface area (TPSA) is 76.4 Å². The van der Waals surface area contributed by atoms with E-state index in [4.69, 9.17) is 0 Å². The van der Waals surface area contributed by atoms with Crippen molar-refractivity contribution in [3.8, 4) is 11.3 Å². The second kappa shape index (κ2) is 6.81. The van der Waals surface area contributed by atoms with E-state index in [0.29, 0.717) is 10.1 Å². The molecule has 8 heteroatoms. The first kappa shape index (κ1) is 16.6. The van der Waals surface area contributed by atoms with Crippen LogP contribution in [-0.2, 0) is 6.42 Å². The zero-order valence-corrected chi connectivity index (χ0v) is 15.4. The second-order valence-electron chi connectivity index (χ2n) is 5.58. The highest BCUT2D eigenvalue weighted by Crippen LogP contribution is 2.25. The minimum Gasteiger partial charge on any atom is -0.298 e. The average molecular weight is 382 g/mol. The Morgan fingerprint density at radius 1 is 1.23 bits per heavy atom. The predicted molar refractivity (Wildman–Crippen MR) is 104 cm³/mol. The van der Waals surface area contributed by atoms with Gasteiger partial charge in [-0.3, -0.25) is 19.3 Å². The van der Waals surface area contributed by atoms with Gasteiger partial charge in [0, 0.05) is 28.7 Å². The van der Waals surface area contributed by atoms with Gasteiger partial charge in [-0.2, -0.15) is 0 Å². The summed E-state index contributed by atoms with van der Waals surface area (Å²) < 4.78 is 1.36. The number of nitrogens with zero attached hydrogens (tertiary/aromatic N) is 3. The van der Waals surface area contributed by atoms with E-state index in [2.05, 4.69) is 34.3 Å². The van der Waals surface area contributed by atoms with E-state index in [0.717, 1.165) is 17.7 Å². The van der Waals surface area contributed by atoms with Crippen LogP contribution in [0.2, 0.25) is 0 Å². The number of anilines is 1. The third-order valence-electron chi connectivity index (χ3n) is 3.97. The van der Waals surface area contributed by atoms with Crippen LogP contribution in [0.1, 0.15) is 22.8 Å². The largest absolute Gasteiger partial charge is 0.298 e. The molecule has 0 fully saturated rings. The third-order valence-corrected chi connectivity index (χ3v) is 5.50. The van der Waals surface area contributed by atoms with Crippen LogP contribution in [-0.4, -0.2) is 20.3 Å². The van der Waals surface area contributed by atoms with Crippen LogP contribution in [0.15, 0.2) is 52.2 Å². The smallest absolute Gasteiger partial charge is 0.271 e. The van der Waals surface area contributed by atoms with Crippen molar-refractivity contribution in [2.75, 3.05) is 5.32 Å². The zero-order chi connectivity index (χ0) is 18.1. The van der Waals surface area contributed by atoms with E-state index >= 15 is 0 Å². The number of aromatic nitrogens is 3. The average Bonchev–Trinajstić information content (AvgIpc) is 3.32. The lowest BCUT2D eigenvalue weighted by Crippen LogP contribution is -2.25. The standard InChI is InChI=1S/C18H14N4O2S2/c1-2-11-3-5-12(6-4-11)14-10-26-17(20-14)21-15(23)13-9-19-18-22(16(13)24)7-8-25-18/h3-10H,2H2,1H3,(H,20,21,23). The Morgan fingerprint density at radius 3 is 2.81 bits per heavy atom. The Morgan fingerprint density at radius 2 is 2.04 bits per heavy atom. The van der Waals surface area contributed by atoms with Crippen LogP contribution < -0.4 is 10.9 Å². The fourth-order valence-electron chi connectivity index (χ4n) is 2.52. The van der Waals surface area contributed by atoms with Gasteiger partial charge >= 0.3 is 0 Å². The number of hydrogen-bond acceptors (Lipinski definition) is 6. The molecule has 0 spiro atoms. The van der Waals surface area contributed by atoms with Crippen molar-refractivity contribution < 1.29 is 4.79 Å². The molecule has 4 aromatic rings. The van der Waals surface area contributed by atoms with E-state index in [1.165, 1.54) is 38.8 Å². The predicted octanol–water partition coefficient (Wildman–Crippen LogP) is 3.69. The highest BCUT2D eigenvalue weighted by Gasteiger charge is 2.15. The normalized spacial score (nSPS) is 11.0. The molecule has 0 aliphatic carbocycles. The molecule has 0 atom stereocenters. The molecule has 3 aromatic heterocycles. The second-order valence-corrected chi connectivity index (χ2v) is 7.31. The van der Waals surface area contributed by atoms with Crippen molar-refractivity contribution in [3.63, 3.8) is 0 Å². The number of nitrogens with one attached hydrogen (secondary N) is 1. The molecular weight excluding hydrogens is 368 g/mol. The van der Waals surface area contributed by atoms with Gasteiger partial charge < -0.3 is 0 Å². The summed E-state index contributed by atoms with van der Waals surface area (Å²) >= 11 is 2.66. The van der Waals surface area contributed by atoms with Crippen LogP contribution in [0.4, 0.5) is 5.13 Å². The van der Waals surface area contributed by atoms with E-state index in [1.807, 2.05) is 17.5 Å². The first-order valence-corrected chi connectivity index (χ1v) is 9.72. The molecule has 130 valence electrons. The monoisotopic (exact) mass is 382 g/mol. The summed E-state index contributed by atoms with van der Waals surface area (Å²) in [6.45, 7) is 2.11. The summed E-state index contributed by atoms with van der Waals surface area (Å²) in [7, 11) is 0. The molecule has 0 radical (unpaired) electrons. The number of thiazole rings is 2. The lowest BCUT2D eigenvalue weighted by Gasteiger charge is -2.02. The summed E-state index contributed by atoms with van der Waals surface area (Å²) in [5, 5.41) is 6.76. The number of carbonyl (C=O) groups is 1. The van der Waals surface area contributed by atoms with Crippen molar-refractivity contribution in [2.45, 2.75) is 13.3 Å². The molecule has 0 saturated carbocycles. The van der Waals surface area contributed by atoms with Crippen LogP contribution in [0.5, 0.6) is 0 Å². The summed E-state index contributed by atoms with van der Waals surface area (Å²) in [6.07, 6.45) is 3.89. The third kappa shape index (κ3) is 3.04. The Kier molecular flexibility index (Phi) is 4.36. The summed E-state index contributed by atoms with van der Waals surface area (Å²) in [6, 6.07) is 8.16. The fourth-order valence-corrected chi connectivity index (χ4v) is 3.91. The van der Waals surface area contributed by atoms with Gasteiger partial charge in [-0.1, -0.05) is 31.2 Å². The molecule has 1 aromatic carbocycles. The summed E-state index contributed by atoms with van der Waals surface area (Å²) in [4.78, 5) is 33.9. The first-order chi connectivity index (χ1) is 12.7. The number of carbonyl (C=O) groups excluding carboxylic acids is 1. The van der Waals surface area contributed by atoms with Crippen LogP contribution in [0.25, 0.3) is 16.2 Å². The van der Waals surface area contributed by atoms with Crippen molar-refractivity contribution in [1.82, 2.24) is 14.4 Å². The molecule has 0 bridgehead atoms. The van der Waals surface area contributed by atoms with E-state index in [-0.39, 0.29) is 11.1 Å². The number of fused-ring (bicyclic) bond motifs is 1. The van der Waals surface area contributed by atoms with Gasteiger partial charge in [0.25, 0.3) is 11.5 Å². The van der Waals surface area contributed by atoms with Gasteiger partial charge in [0.1, 0.15) is 5.56 Å². The molecule has 6 nitrogen and oxygen atoms in total. The Bertz CT molecular complexity index is 1140. The Hall–Kier alpha value is -2.84. The van der Waals surface area contributed by atoms with Gasteiger partial charge in [-0.15, -0.1) is 22.7 Å². The summed E-state index contributed by atoms with van der Waals surface area (Å²) in [5.74, 6) is -0.509. The van der Waals surface area contributed by atoms with E-state index in [9.17, 15) is 9.59 Å². The molecule has 1 amide bonds. The molecule has 1 N–H and O–H groups in total.